The number of ketones is 1. The summed E-state index contributed by atoms with van der Waals surface area (Å²) < 4.78 is 5.68. The first-order valence-electron chi connectivity index (χ1n) is 11.6. The number of fused-ring (bicyclic) bond motifs is 1. The van der Waals surface area contributed by atoms with Gasteiger partial charge in [0.1, 0.15) is 11.6 Å². The summed E-state index contributed by atoms with van der Waals surface area (Å²) >= 11 is 2.14. The van der Waals surface area contributed by atoms with Gasteiger partial charge in [0.15, 0.2) is 5.82 Å². The van der Waals surface area contributed by atoms with Gasteiger partial charge < -0.3 is 20.3 Å². The van der Waals surface area contributed by atoms with Crippen molar-refractivity contribution in [2.24, 2.45) is 0 Å². The minimum Gasteiger partial charge on any atom is -0.377 e. The van der Waals surface area contributed by atoms with Crippen molar-refractivity contribution in [3.8, 4) is 11.4 Å². The molecule has 3 heterocycles. The van der Waals surface area contributed by atoms with E-state index in [0.717, 1.165) is 36.6 Å². The first-order chi connectivity index (χ1) is 16.3. The molecule has 1 fully saturated rings. The van der Waals surface area contributed by atoms with E-state index in [9.17, 15) is 9.59 Å². The number of urea groups is 1. The highest BCUT2D eigenvalue weighted by Gasteiger charge is 2.29. The molecule has 0 bridgehead atoms. The zero-order chi connectivity index (χ0) is 24.2. The molecule has 182 valence electrons. The Balaban J connectivity index is 1.65. The normalized spacial score (nSPS) is 19.3. The summed E-state index contributed by atoms with van der Waals surface area (Å²) in [6.07, 6.45) is 0.815. The van der Waals surface area contributed by atoms with E-state index in [2.05, 4.69) is 49.9 Å². The molecule has 2 N–H and O–H groups in total. The Morgan fingerprint density at radius 1 is 1.24 bits per heavy atom. The lowest BCUT2D eigenvalue weighted by molar-refractivity contribution is -0.118. The van der Waals surface area contributed by atoms with Crippen LogP contribution in [0.1, 0.15) is 32.0 Å². The maximum Gasteiger partial charge on any atom is 0.320 e. The van der Waals surface area contributed by atoms with Crippen LogP contribution >= 0.6 is 22.6 Å². The van der Waals surface area contributed by atoms with Crippen molar-refractivity contribution in [1.29, 1.82) is 0 Å². The van der Waals surface area contributed by atoms with E-state index < -0.39 is 0 Å². The second-order valence-corrected chi connectivity index (χ2v) is 10.7. The smallest absolute Gasteiger partial charge is 0.320 e. The molecule has 9 nitrogen and oxygen atoms in total. The zero-order valence-electron chi connectivity index (χ0n) is 19.8. The van der Waals surface area contributed by atoms with E-state index in [1.54, 1.807) is 6.92 Å². The maximum atomic E-state index is 12.0. The van der Waals surface area contributed by atoms with E-state index in [4.69, 9.17) is 14.7 Å². The highest BCUT2D eigenvalue weighted by molar-refractivity contribution is 14.1. The number of amides is 2. The third-order valence-corrected chi connectivity index (χ3v) is 6.25. The highest BCUT2D eigenvalue weighted by Crippen LogP contribution is 2.31. The van der Waals surface area contributed by atoms with Crippen LogP contribution < -0.4 is 15.5 Å². The van der Waals surface area contributed by atoms with Crippen LogP contribution in [0.4, 0.5) is 16.3 Å². The number of hydrogen-bond acceptors (Lipinski definition) is 7. The summed E-state index contributed by atoms with van der Waals surface area (Å²) in [5, 5.41) is 5.64. The molecule has 2 aliphatic heterocycles. The maximum absolute atomic E-state index is 12.0. The Hall–Kier alpha value is -2.31. The number of halogens is 1. The SMILES string of the molecule is CC(=O)CN1CCc2c(nc(-c3ccc(NC(=O)NC(C)I)cc3)nc2N2CCOCC2C)C1. The number of Topliss-reactive ketones (excluding diaryl/α,β-unsaturated/α-hetero) is 1. The molecule has 1 aromatic heterocycles. The van der Waals surface area contributed by atoms with Gasteiger partial charge in [-0.1, -0.05) is 22.6 Å². The standard InChI is InChI=1S/C24H31IN6O3/c1-15-14-34-11-10-31(15)23-20-8-9-30(12-16(2)32)13-21(20)28-22(29-23)18-4-6-19(7-5-18)27-24(33)26-17(3)25/h4-7,15,17H,8-14H2,1-3H3,(H2,26,27,33). The highest BCUT2D eigenvalue weighted by atomic mass is 127. The minimum atomic E-state index is -0.242. The fraction of sp³-hybridized carbons (Fsp3) is 0.500. The number of carbonyl (C=O) groups excluding carboxylic acids is 2. The molecule has 2 aromatic rings. The number of carbonyl (C=O) groups is 2. The summed E-state index contributed by atoms with van der Waals surface area (Å²) in [7, 11) is 0. The Kier molecular flexibility index (Phi) is 7.99. The number of rotatable bonds is 6. The lowest BCUT2D eigenvalue weighted by Gasteiger charge is -2.37. The molecular weight excluding hydrogens is 547 g/mol. The molecule has 0 saturated carbocycles. The molecule has 2 atom stereocenters. The summed E-state index contributed by atoms with van der Waals surface area (Å²) in [5.74, 6) is 1.77. The molecule has 2 amide bonds. The third kappa shape index (κ3) is 6.02. The fourth-order valence-corrected chi connectivity index (χ4v) is 4.66. The van der Waals surface area contributed by atoms with Crippen molar-refractivity contribution in [3.05, 3.63) is 35.5 Å². The molecule has 1 aromatic carbocycles. The number of aromatic nitrogens is 2. The first-order valence-corrected chi connectivity index (χ1v) is 12.8. The molecule has 2 unspecified atom stereocenters. The quantitative estimate of drug-likeness (QED) is 0.309. The summed E-state index contributed by atoms with van der Waals surface area (Å²) in [6.45, 7) is 9.69. The van der Waals surface area contributed by atoms with Gasteiger partial charge in [0, 0.05) is 36.4 Å². The van der Waals surface area contributed by atoms with Crippen LogP contribution in [-0.2, 0) is 22.5 Å². The average molecular weight is 578 g/mol. The summed E-state index contributed by atoms with van der Waals surface area (Å²) in [6, 6.07) is 7.54. The number of nitrogens with one attached hydrogen (secondary N) is 2. The molecule has 0 spiro atoms. The van der Waals surface area contributed by atoms with Gasteiger partial charge in [0.25, 0.3) is 0 Å². The van der Waals surface area contributed by atoms with Gasteiger partial charge in [-0.05, 0) is 51.5 Å². The molecule has 1 saturated heterocycles. The van der Waals surface area contributed by atoms with Gasteiger partial charge >= 0.3 is 6.03 Å². The first kappa shape index (κ1) is 24.8. The molecule has 10 heteroatoms. The summed E-state index contributed by atoms with van der Waals surface area (Å²) in [4.78, 5) is 38.1. The van der Waals surface area contributed by atoms with Crippen LogP contribution in [0.15, 0.2) is 24.3 Å². The Morgan fingerprint density at radius 2 is 2.00 bits per heavy atom. The van der Waals surface area contributed by atoms with Crippen LogP contribution in [0.5, 0.6) is 0 Å². The lowest BCUT2D eigenvalue weighted by atomic mass is 10.0. The number of anilines is 2. The van der Waals surface area contributed by atoms with Crippen molar-refractivity contribution in [2.45, 2.75) is 43.8 Å². The van der Waals surface area contributed by atoms with Crippen LogP contribution in [0, 0.1) is 0 Å². The van der Waals surface area contributed by atoms with E-state index in [1.807, 2.05) is 31.2 Å². The second-order valence-electron chi connectivity index (χ2n) is 8.87. The van der Waals surface area contributed by atoms with E-state index in [1.165, 1.54) is 5.56 Å². The number of nitrogens with zero attached hydrogens (tertiary/aromatic N) is 4. The number of benzene rings is 1. The lowest BCUT2D eigenvalue weighted by Crippen LogP contribution is -2.45. The van der Waals surface area contributed by atoms with Crippen molar-refractivity contribution in [3.63, 3.8) is 0 Å². The van der Waals surface area contributed by atoms with Crippen molar-refractivity contribution >= 4 is 45.9 Å². The monoisotopic (exact) mass is 578 g/mol. The van der Waals surface area contributed by atoms with Gasteiger partial charge in [-0.2, -0.15) is 0 Å². The molecular formula is C24H31IN6O3. The van der Waals surface area contributed by atoms with Crippen molar-refractivity contribution in [2.75, 3.05) is 43.1 Å². The van der Waals surface area contributed by atoms with Gasteiger partial charge in [-0.15, -0.1) is 0 Å². The van der Waals surface area contributed by atoms with Gasteiger partial charge in [0.05, 0.1) is 35.5 Å². The molecule has 34 heavy (non-hydrogen) atoms. The molecule has 0 aliphatic carbocycles. The van der Waals surface area contributed by atoms with Crippen LogP contribution in [-0.4, -0.2) is 69.6 Å². The van der Waals surface area contributed by atoms with E-state index in [0.29, 0.717) is 37.8 Å². The van der Waals surface area contributed by atoms with Crippen molar-refractivity contribution < 1.29 is 14.3 Å². The van der Waals surface area contributed by atoms with E-state index in [-0.39, 0.29) is 21.9 Å². The van der Waals surface area contributed by atoms with Crippen LogP contribution in [0.3, 0.4) is 0 Å². The van der Waals surface area contributed by atoms with Crippen LogP contribution in [0.25, 0.3) is 11.4 Å². The van der Waals surface area contributed by atoms with E-state index >= 15 is 0 Å². The number of hydrogen-bond donors (Lipinski definition) is 2. The summed E-state index contributed by atoms with van der Waals surface area (Å²) in [5.41, 5.74) is 3.72. The Bertz CT molecular complexity index is 1050. The van der Waals surface area contributed by atoms with Crippen molar-refractivity contribution in [1.82, 2.24) is 20.2 Å². The predicted octanol–water partition coefficient (Wildman–Crippen LogP) is 3.22. The van der Waals surface area contributed by atoms with Gasteiger partial charge in [-0.25, -0.2) is 14.8 Å². The number of alkyl halides is 1. The number of ether oxygens (including phenoxy) is 1. The Morgan fingerprint density at radius 3 is 2.68 bits per heavy atom. The van der Waals surface area contributed by atoms with Gasteiger partial charge in [0.2, 0.25) is 0 Å². The minimum absolute atomic E-state index is 0.0318. The zero-order valence-corrected chi connectivity index (χ0v) is 22.0. The largest absolute Gasteiger partial charge is 0.377 e. The number of morpholine rings is 1. The fourth-order valence-electron chi connectivity index (χ4n) is 4.37. The molecule has 4 rings (SSSR count). The second kappa shape index (κ2) is 11.0. The third-order valence-electron chi connectivity index (χ3n) is 5.94. The van der Waals surface area contributed by atoms with Crippen LogP contribution in [0.2, 0.25) is 0 Å². The predicted molar refractivity (Wildman–Crippen MR) is 140 cm³/mol. The molecule has 0 radical (unpaired) electrons. The van der Waals surface area contributed by atoms with Gasteiger partial charge in [-0.3, -0.25) is 9.69 Å². The topological polar surface area (TPSA) is 99.7 Å². The Labute approximate surface area is 213 Å². The average Bonchev–Trinajstić information content (AvgIpc) is 2.78. The molecule has 2 aliphatic rings.